The summed E-state index contributed by atoms with van der Waals surface area (Å²) in [5.41, 5.74) is 2.55. The third kappa shape index (κ3) is 4.10. The highest BCUT2D eigenvalue weighted by atomic mass is 35.5. The van der Waals surface area contributed by atoms with Crippen LogP contribution in [-0.2, 0) is 19.4 Å². The van der Waals surface area contributed by atoms with E-state index in [0.29, 0.717) is 17.6 Å². The van der Waals surface area contributed by atoms with Crippen molar-refractivity contribution in [3.8, 4) is 5.75 Å². The van der Waals surface area contributed by atoms with E-state index in [1.54, 1.807) is 31.3 Å². The van der Waals surface area contributed by atoms with Gasteiger partial charge in [0.2, 0.25) is 0 Å². The minimum Gasteiger partial charge on any atom is -0.495 e. The molecule has 1 aliphatic carbocycles. The smallest absolute Gasteiger partial charge is 0.171 e. The lowest BCUT2D eigenvalue weighted by molar-refractivity contribution is 0.340. The molecule has 1 N–H and O–H groups in total. The zero-order chi connectivity index (χ0) is 19.5. The van der Waals surface area contributed by atoms with Crippen molar-refractivity contribution in [2.45, 2.75) is 30.9 Å². The zero-order valence-electron chi connectivity index (χ0n) is 15.8. The molecule has 28 heavy (non-hydrogen) atoms. The summed E-state index contributed by atoms with van der Waals surface area (Å²) in [5.74, 6) is 2.42. The van der Waals surface area contributed by atoms with Crippen molar-refractivity contribution in [3.63, 3.8) is 0 Å². The van der Waals surface area contributed by atoms with E-state index in [1.165, 1.54) is 11.1 Å². The lowest BCUT2D eigenvalue weighted by atomic mass is 10.1. The Hall–Kier alpha value is -2.25. The third-order valence-electron chi connectivity index (χ3n) is 4.87. The summed E-state index contributed by atoms with van der Waals surface area (Å²) >= 11 is 7.96. The molecule has 2 unspecified atom stereocenters. The molecular weight excluding hydrogens is 394 g/mol. The number of hydrogen-bond acceptors (Lipinski definition) is 7. The number of fused-ring (bicyclic) bond motifs is 1. The van der Waals surface area contributed by atoms with E-state index in [4.69, 9.17) is 21.3 Å². The first-order chi connectivity index (χ1) is 13.7. The Morgan fingerprint density at radius 2 is 2.00 bits per heavy atom. The Balaban J connectivity index is 1.41. The molecule has 6 nitrogen and oxygen atoms in total. The monoisotopic (exact) mass is 415 g/mol. The minimum atomic E-state index is -0.00498. The Morgan fingerprint density at radius 1 is 1.25 bits per heavy atom. The molecule has 2 heterocycles. The zero-order valence-corrected chi connectivity index (χ0v) is 17.4. The Bertz CT molecular complexity index is 905. The van der Waals surface area contributed by atoms with Crippen LogP contribution in [0.25, 0.3) is 0 Å². The van der Waals surface area contributed by atoms with Gasteiger partial charge in [-0.1, -0.05) is 11.6 Å². The summed E-state index contributed by atoms with van der Waals surface area (Å²) < 4.78 is 5.34. The van der Waals surface area contributed by atoms with E-state index < -0.39 is 0 Å². The molecule has 0 fully saturated rings. The highest BCUT2D eigenvalue weighted by molar-refractivity contribution is 7.99. The minimum absolute atomic E-state index is 0.00498. The average Bonchev–Trinajstić information content (AvgIpc) is 3.10. The lowest BCUT2D eigenvalue weighted by Crippen LogP contribution is -2.39. The van der Waals surface area contributed by atoms with Gasteiger partial charge in [-0.25, -0.2) is 15.0 Å². The molecule has 2 aromatic rings. The van der Waals surface area contributed by atoms with E-state index in [2.05, 4.69) is 32.6 Å². The molecule has 0 bridgehead atoms. The van der Waals surface area contributed by atoms with Crippen LogP contribution in [0.5, 0.6) is 5.75 Å². The van der Waals surface area contributed by atoms with Gasteiger partial charge in [0.1, 0.15) is 17.4 Å². The molecule has 1 aromatic carbocycles. The summed E-state index contributed by atoms with van der Waals surface area (Å²) in [6, 6.07) is 6.18. The topological polar surface area (TPSA) is 62.6 Å². The Labute approximate surface area is 174 Å². The van der Waals surface area contributed by atoms with E-state index in [-0.39, 0.29) is 5.50 Å². The van der Waals surface area contributed by atoms with Crippen LogP contribution in [0.1, 0.15) is 17.0 Å². The van der Waals surface area contributed by atoms with Gasteiger partial charge in [0, 0.05) is 24.6 Å². The number of hydrogen-bond donors (Lipinski definition) is 1. The average molecular weight is 416 g/mol. The molecule has 0 amide bonds. The van der Waals surface area contributed by atoms with Crippen molar-refractivity contribution in [2.24, 2.45) is 4.99 Å². The molecule has 8 heteroatoms. The maximum atomic E-state index is 6.27. The second kappa shape index (κ2) is 8.41. The molecule has 2 atom stereocenters. The van der Waals surface area contributed by atoms with Crippen molar-refractivity contribution in [1.29, 1.82) is 0 Å². The number of aliphatic imine (C=N–C) groups is 1. The number of ether oxygens (including phenoxy) is 1. The first-order valence-electron chi connectivity index (χ1n) is 9.08. The second-order valence-electron chi connectivity index (χ2n) is 6.73. The van der Waals surface area contributed by atoms with Crippen molar-refractivity contribution >= 4 is 29.2 Å². The first kappa shape index (κ1) is 19.1. The second-order valence-corrected chi connectivity index (χ2v) is 8.03. The number of methoxy groups -OCH3 is 1. The van der Waals surface area contributed by atoms with Gasteiger partial charge in [0.15, 0.2) is 5.50 Å². The summed E-state index contributed by atoms with van der Waals surface area (Å²) in [6.07, 6.45) is 11.5. The highest BCUT2D eigenvalue weighted by Crippen LogP contribution is 2.33. The number of amidine groups is 1. The van der Waals surface area contributed by atoms with Crippen LogP contribution in [0.3, 0.4) is 0 Å². The van der Waals surface area contributed by atoms with Crippen molar-refractivity contribution in [2.75, 3.05) is 13.4 Å². The fourth-order valence-corrected chi connectivity index (χ4v) is 4.44. The quantitative estimate of drug-likeness (QED) is 0.808. The largest absolute Gasteiger partial charge is 0.495 e. The van der Waals surface area contributed by atoms with Gasteiger partial charge in [-0.15, -0.1) is 11.8 Å². The number of benzene rings is 1. The van der Waals surface area contributed by atoms with Gasteiger partial charge in [-0.05, 0) is 54.5 Å². The van der Waals surface area contributed by atoms with Crippen LogP contribution in [0.15, 0.2) is 47.9 Å². The number of aromatic nitrogens is 2. The number of thioether (sulfide) groups is 1. The number of halogens is 1. The fourth-order valence-electron chi connectivity index (χ4n) is 3.54. The van der Waals surface area contributed by atoms with E-state index in [0.717, 1.165) is 30.3 Å². The van der Waals surface area contributed by atoms with E-state index in [9.17, 15) is 0 Å². The van der Waals surface area contributed by atoms with Crippen LogP contribution < -0.4 is 10.1 Å². The van der Waals surface area contributed by atoms with Crippen LogP contribution in [0.4, 0.5) is 0 Å². The number of rotatable bonds is 5. The maximum absolute atomic E-state index is 6.27. The Morgan fingerprint density at radius 3 is 2.71 bits per heavy atom. The van der Waals surface area contributed by atoms with Gasteiger partial charge in [-0.2, -0.15) is 0 Å². The van der Waals surface area contributed by atoms with Crippen LogP contribution >= 0.6 is 23.4 Å². The Kier molecular flexibility index (Phi) is 5.73. The number of nitrogens with zero attached hydrogens (tertiary/aromatic N) is 4. The summed E-state index contributed by atoms with van der Waals surface area (Å²) in [7, 11) is 1.65. The molecule has 0 saturated heterocycles. The highest BCUT2D eigenvalue weighted by Gasteiger charge is 2.25. The summed E-state index contributed by atoms with van der Waals surface area (Å²) in [5, 5.41) is 4.24. The molecule has 1 aliphatic heterocycles. The van der Waals surface area contributed by atoms with Gasteiger partial charge < -0.3 is 15.0 Å². The molecule has 1 aromatic heterocycles. The number of nitrogens with one attached hydrogen (secondary N) is 1. The standard InChI is InChI=1S/C20H22ClN5OS/c1-27-17-11-14-9-15(8-13(14)10-16(17)21)24-18-4-7-26(20(25-18)28-2)12-19-22-5-3-6-23-19/h3-7,10-11,15,20H,8-9,12H2,1-2H3,(H,24,25). The SMILES string of the molecule is COc1cc2c(cc1Cl)CC(NC1=NC(SC)N(Cc3ncccn3)C=C1)C2. The van der Waals surface area contributed by atoms with E-state index >= 15 is 0 Å². The van der Waals surface area contributed by atoms with Crippen LogP contribution in [-0.4, -0.2) is 45.6 Å². The predicted octanol–water partition coefficient (Wildman–Crippen LogP) is 3.27. The maximum Gasteiger partial charge on any atom is 0.171 e. The van der Waals surface area contributed by atoms with Crippen molar-refractivity contribution in [3.05, 3.63) is 64.8 Å². The molecular formula is C20H22ClN5OS. The summed E-state index contributed by atoms with van der Waals surface area (Å²) in [6.45, 7) is 0.632. The molecule has 146 valence electrons. The van der Waals surface area contributed by atoms with Gasteiger partial charge in [0.25, 0.3) is 0 Å². The van der Waals surface area contributed by atoms with Crippen LogP contribution in [0.2, 0.25) is 5.02 Å². The lowest BCUT2D eigenvalue weighted by Gasteiger charge is -2.30. The predicted molar refractivity (Wildman–Crippen MR) is 114 cm³/mol. The van der Waals surface area contributed by atoms with Crippen LogP contribution in [0, 0.1) is 0 Å². The third-order valence-corrected chi connectivity index (χ3v) is 5.96. The van der Waals surface area contributed by atoms with Crippen molar-refractivity contribution < 1.29 is 4.74 Å². The van der Waals surface area contributed by atoms with E-state index in [1.807, 2.05) is 24.3 Å². The molecule has 4 rings (SSSR count). The fraction of sp³-hybridized carbons (Fsp3) is 0.350. The first-order valence-corrected chi connectivity index (χ1v) is 10.7. The molecule has 0 saturated carbocycles. The van der Waals surface area contributed by atoms with Gasteiger partial charge >= 0.3 is 0 Å². The normalized spacial score (nSPS) is 20.7. The molecule has 2 aliphatic rings. The summed E-state index contributed by atoms with van der Waals surface area (Å²) in [4.78, 5) is 15.6. The molecule has 0 spiro atoms. The van der Waals surface area contributed by atoms with Crippen molar-refractivity contribution in [1.82, 2.24) is 20.2 Å². The van der Waals surface area contributed by atoms with Gasteiger partial charge in [0.05, 0.1) is 18.7 Å². The van der Waals surface area contributed by atoms with Gasteiger partial charge in [-0.3, -0.25) is 0 Å². The molecule has 0 radical (unpaired) electrons.